The van der Waals surface area contributed by atoms with Crippen LogP contribution in [0.25, 0.3) is 0 Å². The van der Waals surface area contributed by atoms with Crippen LogP contribution in [0.2, 0.25) is 0 Å². The molecule has 0 bridgehead atoms. The van der Waals surface area contributed by atoms with Gasteiger partial charge in [0, 0.05) is 19.2 Å². The summed E-state index contributed by atoms with van der Waals surface area (Å²) < 4.78 is 10.9. The van der Waals surface area contributed by atoms with Gasteiger partial charge < -0.3 is 14.6 Å². The van der Waals surface area contributed by atoms with E-state index in [4.69, 9.17) is 14.6 Å². The minimum Gasteiger partial charge on any atom is -0.481 e. The lowest BCUT2D eigenvalue weighted by Crippen LogP contribution is -2.46. The van der Waals surface area contributed by atoms with Crippen molar-refractivity contribution in [1.82, 2.24) is 4.90 Å². The molecular formula is C12H21NO4. The largest absolute Gasteiger partial charge is 0.481 e. The van der Waals surface area contributed by atoms with Gasteiger partial charge in [0.15, 0.2) is 0 Å². The molecule has 2 aliphatic heterocycles. The Morgan fingerprint density at radius 1 is 1.47 bits per heavy atom. The van der Waals surface area contributed by atoms with E-state index in [1.165, 1.54) is 0 Å². The van der Waals surface area contributed by atoms with Crippen LogP contribution in [0.5, 0.6) is 0 Å². The molecule has 0 aromatic heterocycles. The molecule has 0 aromatic carbocycles. The van der Waals surface area contributed by atoms with Gasteiger partial charge in [-0.2, -0.15) is 0 Å². The summed E-state index contributed by atoms with van der Waals surface area (Å²) in [6.45, 7) is 5.43. The molecule has 2 fully saturated rings. The first-order chi connectivity index (χ1) is 8.22. The molecular weight excluding hydrogens is 222 g/mol. The Balaban J connectivity index is 1.94. The number of nitrogens with zero attached hydrogens (tertiary/aromatic N) is 1. The van der Waals surface area contributed by atoms with Crippen LogP contribution in [0, 0.1) is 5.92 Å². The fraction of sp³-hybridized carbons (Fsp3) is 0.917. The summed E-state index contributed by atoms with van der Waals surface area (Å²) in [5, 5.41) is 9.15. The van der Waals surface area contributed by atoms with Gasteiger partial charge >= 0.3 is 5.97 Å². The summed E-state index contributed by atoms with van der Waals surface area (Å²) in [7, 11) is 0. The normalized spacial score (nSPS) is 33.4. The van der Waals surface area contributed by atoms with Crippen LogP contribution in [0.15, 0.2) is 0 Å². The van der Waals surface area contributed by atoms with Crippen molar-refractivity contribution in [2.75, 3.05) is 32.9 Å². The Kier molecular flexibility index (Phi) is 4.36. The zero-order valence-electron chi connectivity index (χ0n) is 10.3. The van der Waals surface area contributed by atoms with E-state index in [2.05, 4.69) is 11.8 Å². The monoisotopic (exact) mass is 243 g/mol. The number of carboxylic acids is 1. The SMILES string of the molecule is CCN(CC1CCCO1)C1COCC1C(=O)O. The lowest BCUT2D eigenvalue weighted by molar-refractivity contribution is -0.143. The molecule has 3 atom stereocenters. The van der Waals surface area contributed by atoms with Crippen molar-refractivity contribution < 1.29 is 19.4 Å². The molecule has 0 radical (unpaired) electrons. The number of ether oxygens (including phenoxy) is 2. The highest BCUT2D eigenvalue weighted by atomic mass is 16.5. The van der Waals surface area contributed by atoms with Gasteiger partial charge in [0.25, 0.3) is 0 Å². The maximum atomic E-state index is 11.1. The Morgan fingerprint density at radius 2 is 2.29 bits per heavy atom. The van der Waals surface area contributed by atoms with Crippen molar-refractivity contribution in [1.29, 1.82) is 0 Å². The summed E-state index contributed by atoms with van der Waals surface area (Å²) in [6.07, 6.45) is 2.47. The van der Waals surface area contributed by atoms with Crippen molar-refractivity contribution in [3.8, 4) is 0 Å². The standard InChI is InChI=1S/C12H21NO4/c1-2-13(6-9-4-3-5-17-9)11-8-16-7-10(11)12(14)15/h9-11H,2-8H2,1H3,(H,14,15). The second kappa shape index (κ2) is 5.80. The van der Waals surface area contributed by atoms with Gasteiger partial charge in [-0.1, -0.05) is 6.92 Å². The quantitative estimate of drug-likeness (QED) is 0.765. The highest BCUT2D eigenvalue weighted by Crippen LogP contribution is 2.22. The second-order valence-electron chi connectivity index (χ2n) is 4.77. The number of likely N-dealkylation sites (N-methyl/N-ethyl adjacent to an activating group) is 1. The van der Waals surface area contributed by atoms with Crippen molar-refractivity contribution in [2.45, 2.75) is 31.9 Å². The van der Waals surface area contributed by atoms with E-state index in [-0.39, 0.29) is 12.1 Å². The predicted octanol–water partition coefficient (Wildman–Crippen LogP) is 0.587. The Labute approximate surface area is 102 Å². The molecule has 98 valence electrons. The molecule has 5 heteroatoms. The highest BCUT2D eigenvalue weighted by molar-refractivity contribution is 5.71. The van der Waals surface area contributed by atoms with E-state index in [1.807, 2.05) is 0 Å². The number of carbonyl (C=O) groups is 1. The number of carboxylic acid groups (broad SMARTS) is 1. The van der Waals surface area contributed by atoms with E-state index >= 15 is 0 Å². The molecule has 0 spiro atoms. The Morgan fingerprint density at radius 3 is 2.88 bits per heavy atom. The average molecular weight is 243 g/mol. The van der Waals surface area contributed by atoms with Crippen molar-refractivity contribution in [3.63, 3.8) is 0 Å². The molecule has 1 N–H and O–H groups in total. The molecule has 2 aliphatic rings. The summed E-state index contributed by atoms with van der Waals surface area (Å²) in [5.41, 5.74) is 0. The molecule has 2 heterocycles. The smallest absolute Gasteiger partial charge is 0.310 e. The molecule has 0 aromatic rings. The van der Waals surface area contributed by atoms with Crippen LogP contribution < -0.4 is 0 Å². The van der Waals surface area contributed by atoms with E-state index in [1.54, 1.807) is 0 Å². The summed E-state index contributed by atoms with van der Waals surface area (Å²) >= 11 is 0. The van der Waals surface area contributed by atoms with Gasteiger partial charge in [-0.25, -0.2) is 0 Å². The predicted molar refractivity (Wildman–Crippen MR) is 62.0 cm³/mol. The third-order valence-electron chi connectivity index (χ3n) is 3.71. The Bertz CT molecular complexity index is 265. The van der Waals surface area contributed by atoms with E-state index in [0.29, 0.717) is 13.2 Å². The summed E-state index contributed by atoms with van der Waals surface area (Å²) in [4.78, 5) is 13.3. The zero-order chi connectivity index (χ0) is 12.3. The van der Waals surface area contributed by atoms with Crippen LogP contribution in [0.3, 0.4) is 0 Å². The first kappa shape index (κ1) is 12.8. The van der Waals surface area contributed by atoms with Gasteiger partial charge in [-0.05, 0) is 19.4 Å². The van der Waals surface area contributed by atoms with Crippen molar-refractivity contribution in [3.05, 3.63) is 0 Å². The average Bonchev–Trinajstić information content (AvgIpc) is 2.96. The van der Waals surface area contributed by atoms with Crippen LogP contribution >= 0.6 is 0 Å². The van der Waals surface area contributed by atoms with Gasteiger partial charge in [-0.15, -0.1) is 0 Å². The molecule has 3 unspecified atom stereocenters. The third kappa shape index (κ3) is 2.97. The van der Waals surface area contributed by atoms with Crippen LogP contribution in [-0.2, 0) is 14.3 Å². The van der Waals surface area contributed by atoms with E-state index < -0.39 is 11.9 Å². The zero-order valence-corrected chi connectivity index (χ0v) is 10.3. The van der Waals surface area contributed by atoms with Crippen molar-refractivity contribution in [2.24, 2.45) is 5.92 Å². The lowest BCUT2D eigenvalue weighted by atomic mass is 10.0. The number of hydrogen-bond donors (Lipinski definition) is 1. The molecule has 0 aliphatic carbocycles. The van der Waals surface area contributed by atoms with Gasteiger partial charge in [0.2, 0.25) is 0 Å². The van der Waals surface area contributed by atoms with Gasteiger partial charge in [-0.3, -0.25) is 9.69 Å². The summed E-state index contributed by atoms with van der Waals surface area (Å²) in [5.74, 6) is -1.14. The first-order valence-electron chi connectivity index (χ1n) is 6.38. The summed E-state index contributed by atoms with van der Waals surface area (Å²) in [6, 6.07) is 0.00157. The highest BCUT2D eigenvalue weighted by Gasteiger charge is 2.38. The number of aliphatic carboxylic acids is 1. The second-order valence-corrected chi connectivity index (χ2v) is 4.77. The molecule has 5 nitrogen and oxygen atoms in total. The van der Waals surface area contributed by atoms with Crippen LogP contribution in [0.4, 0.5) is 0 Å². The molecule has 0 saturated carbocycles. The van der Waals surface area contributed by atoms with Gasteiger partial charge in [0.1, 0.15) is 0 Å². The van der Waals surface area contributed by atoms with Crippen LogP contribution in [-0.4, -0.2) is 61.0 Å². The van der Waals surface area contributed by atoms with E-state index in [0.717, 1.165) is 32.5 Å². The van der Waals surface area contributed by atoms with E-state index in [9.17, 15) is 4.79 Å². The maximum Gasteiger partial charge on any atom is 0.310 e. The maximum absolute atomic E-state index is 11.1. The topological polar surface area (TPSA) is 59.0 Å². The third-order valence-corrected chi connectivity index (χ3v) is 3.71. The first-order valence-corrected chi connectivity index (χ1v) is 6.38. The van der Waals surface area contributed by atoms with Crippen molar-refractivity contribution >= 4 is 5.97 Å². The molecule has 0 amide bonds. The minimum absolute atomic E-state index is 0.00157. The number of rotatable bonds is 5. The number of hydrogen-bond acceptors (Lipinski definition) is 4. The fourth-order valence-electron chi connectivity index (χ4n) is 2.69. The minimum atomic E-state index is -0.752. The molecule has 2 saturated heterocycles. The lowest BCUT2D eigenvalue weighted by Gasteiger charge is -2.30. The van der Waals surface area contributed by atoms with Gasteiger partial charge in [0.05, 0.1) is 25.2 Å². The molecule has 17 heavy (non-hydrogen) atoms. The fourth-order valence-corrected chi connectivity index (χ4v) is 2.69. The Hall–Kier alpha value is -0.650. The molecule has 2 rings (SSSR count). The van der Waals surface area contributed by atoms with Crippen LogP contribution in [0.1, 0.15) is 19.8 Å².